The Balaban J connectivity index is 0. The Labute approximate surface area is 223 Å². The van der Waals surface area contributed by atoms with Crippen molar-refractivity contribution < 1.29 is 51.7 Å². The predicted octanol–water partition coefficient (Wildman–Crippen LogP) is 4.86. The summed E-state index contributed by atoms with van der Waals surface area (Å²) in [6.07, 6.45) is 7.21. The molecular weight excluding hydrogens is 480 g/mol. The van der Waals surface area contributed by atoms with Gasteiger partial charge in [0, 0.05) is 48.4 Å². The fourth-order valence-electron chi connectivity index (χ4n) is 2.81. The third-order valence-corrected chi connectivity index (χ3v) is 4.36. The largest absolute Gasteiger partial charge is 0.512 e. The van der Waals surface area contributed by atoms with Gasteiger partial charge in [-0.25, -0.2) is 0 Å². The van der Waals surface area contributed by atoms with E-state index in [0.29, 0.717) is 37.2 Å². The van der Waals surface area contributed by atoms with Crippen LogP contribution in [0.15, 0.2) is 84.3 Å². The maximum absolute atomic E-state index is 9.97. The van der Waals surface area contributed by atoms with Crippen LogP contribution in [0, 0.1) is 0 Å². The molecule has 0 amide bonds. The van der Waals surface area contributed by atoms with E-state index in [4.69, 9.17) is 10.2 Å². The van der Waals surface area contributed by atoms with Crippen molar-refractivity contribution in [3.63, 3.8) is 0 Å². The fraction of sp³-hybridized carbons (Fsp3) is 0.357. The number of benzene rings is 2. The monoisotopic (exact) mass is 522 g/mol. The number of aliphatic hydroxyl groups excluding tert-OH is 2. The number of rotatable bonds is 11. The van der Waals surface area contributed by atoms with Gasteiger partial charge in [-0.1, -0.05) is 49.2 Å². The second-order valence-electron chi connectivity index (χ2n) is 7.40. The Morgan fingerprint density at radius 3 is 1.23 bits per heavy atom. The van der Waals surface area contributed by atoms with Gasteiger partial charge >= 0.3 is 11.6 Å². The Morgan fingerprint density at radius 1 is 0.657 bits per heavy atom. The van der Waals surface area contributed by atoms with Crippen LogP contribution in [0.4, 0.5) is 0 Å². The maximum atomic E-state index is 9.97. The zero-order valence-corrected chi connectivity index (χ0v) is 22.4. The average molecular weight is 523 g/mol. The molecule has 2 aromatic carbocycles. The van der Waals surface area contributed by atoms with Crippen LogP contribution in [0.25, 0.3) is 0 Å². The normalized spacial score (nSPS) is 10.6. The number of ketones is 2. The quantitative estimate of drug-likeness (QED) is 0.109. The van der Waals surface area contributed by atoms with Gasteiger partial charge in [0.25, 0.3) is 0 Å². The summed E-state index contributed by atoms with van der Waals surface area (Å²) < 4.78 is 0. The van der Waals surface area contributed by atoms with Crippen molar-refractivity contribution in [1.82, 2.24) is 0 Å². The molecular formula is C28H42O6Ti+4. The first-order valence-electron chi connectivity index (χ1n) is 11.7. The van der Waals surface area contributed by atoms with Crippen molar-refractivity contribution in [2.24, 2.45) is 0 Å². The molecule has 7 heteroatoms. The minimum atomic E-state index is 0. The third-order valence-electron chi connectivity index (χ3n) is 4.36. The number of allylic oxidation sites excluding steroid dienone is 4. The first kappa shape index (κ1) is 34.7. The van der Waals surface area contributed by atoms with Crippen LogP contribution >= 0.6 is 0 Å². The van der Waals surface area contributed by atoms with Gasteiger partial charge in [0.15, 0.2) is 0 Å². The van der Waals surface area contributed by atoms with Crippen molar-refractivity contribution in [1.29, 1.82) is 0 Å². The number of carbonyl (C=O) groups excluding carboxylic acids is 2. The van der Waals surface area contributed by atoms with Crippen molar-refractivity contribution in [2.45, 2.75) is 52.4 Å². The average Bonchev–Trinajstić information content (AvgIpc) is 2.83. The molecule has 2 rings (SSSR count). The second-order valence-corrected chi connectivity index (χ2v) is 7.40. The third kappa shape index (κ3) is 18.5. The molecule has 0 unspecified atom stereocenters. The minimum absolute atomic E-state index is 0. The predicted molar refractivity (Wildman–Crippen MR) is 142 cm³/mol. The van der Waals surface area contributed by atoms with Crippen LogP contribution in [0.1, 0.15) is 63.5 Å². The van der Waals surface area contributed by atoms with Crippen LogP contribution in [0.2, 0.25) is 0 Å². The summed E-state index contributed by atoms with van der Waals surface area (Å²) in [5, 5.41) is 32.3. The van der Waals surface area contributed by atoms with Crippen molar-refractivity contribution in [3.8, 4) is 0 Å². The molecule has 0 heterocycles. The van der Waals surface area contributed by atoms with Crippen molar-refractivity contribution in [2.75, 3.05) is 13.2 Å². The summed E-state index contributed by atoms with van der Waals surface area (Å²) in [6.45, 7) is 4.58. The standard InChI is InChI=1S/C24H26O4.2C2H6O.Ti/c25-21(17-23(27)19-11-5-3-6-12-19)15-9-1-2-10-16-22(26)18-24(28)20-13-7-4-8-14-20;2*1-2-3;/h3-8,11-14,17-18,25-26H,1-2,9-10,15-16H2;2*3H,2H2,1H3;/p+4/b21-17-,22-18-;;;. The van der Waals surface area contributed by atoms with Gasteiger partial charge in [-0.2, -0.15) is 0 Å². The minimum Gasteiger partial charge on any atom is -0.512 e. The van der Waals surface area contributed by atoms with E-state index < -0.39 is 0 Å². The Hall–Kier alpha value is -2.51. The number of aliphatic hydroxyl groups is 2. The molecule has 2 aromatic rings. The van der Waals surface area contributed by atoms with E-state index in [9.17, 15) is 19.8 Å². The van der Waals surface area contributed by atoms with Crippen LogP contribution < -0.4 is 0 Å². The number of hydrogen-bond acceptors (Lipinski definition) is 2. The molecule has 0 aliphatic carbocycles. The molecule has 0 fully saturated rings. The first-order chi connectivity index (χ1) is 16.4. The molecule has 0 aliphatic rings. The molecule has 0 radical (unpaired) electrons. The fourth-order valence-corrected chi connectivity index (χ4v) is 2.81. The van der Waals surface area contributed by atoms with Crippen LogP contribution in [0.3, 0.4) is 0 Å². The summed E-state index contributed by atoms with van der Waals surface area (Å²) in [5.41, 5.74) is 1.35. The van der Waals surface area contributed by atoms with Crippen LogP contribution in [0.5, 0.6) is 0 Å². The number of hydrogen-bond donors (Lipinski definition) is 2. The van der Waals surface area contributed by atoms with Crippen molar-refractivity contribution in [3.05, 3.63) is 95.5 Å². The molecule has 0 spiro atoms. The van der Waals surface area contributed by atoms with E-state index in [1.165, 1.54) is 12.2 Å². The molecule has 0 saturated heterocycles. The molecule has 6 nitrogen and oxygen atoms in total. The van der Waals surface area contributed by atoms with Gasteiger partial charge < -0.3 is 20.4 Å². The molecule has 35 heavy (non-hydrogen) atoms. The van der Waals surface area contributed by atoms with Crippen LogP contribution in [-0.2, 0) is 21.7 Å². The molecule has 0 saturated carbocycles. The van der Waals surface area contributed by atoms with Gasteiger partial charge in [0.05, 0.1) is 23.3 Å². The molecule has 0 bridgehead atoms. The topological polar surface area (TPSA) is 129 Å². The first-order valence-corrected chi connectivity index (χ1v) is 11.7. The van der Waals surface area contributed by atoms with E-state index in [-0.39, 0.29) is 44.8 Å². The van der Waals surface area contributed by atoms with Gasteiger partial charge in [0.1, 0.15) is 24.7 Å². The molecule has 0 aromatic heterocycles. The molecule has 0 atom stereocenters. The van der Waals surface area contributed by atoms with Gasteiger partial charge in [-0.05, 0) is 37.1 Å². The second kappa shape index (κ2) is 23.2. The smallest absolute Gasteiger partial charge is 0.350 e. The van der Waals surface area contributed by atoms with E-state index in [2.05, 4.69) is 0 Å². The Kier molecular flexibility index (Phi) is 23.0. The summed E-state index contributed by atoms with van der Waals surface area (Å²) >= 11 is 0. The summed E-state index contributed by atoms with van der Waals surface area (Å²) in [6, 6.07) is 18.2. The zero-order chi connectivity index (χ0) is 25.6. The van der Waals surface area contributed by atoms with Crippen molar-refractivity contribution >= 4 is 11.6 Å². The van der Waals surface area contributed by atoms with E-state index >= 15 is 0 Å². The van der Waals surface area contributed by atoms with Gasteiger partial charge in [-0.3, -0.25) is 9.59 Å². The van der Waals surface area contributed by atoms with Gasteiger partial charge in [0.2, 0.25) is 0 Å². The summed E-state index contributed by atoms with van der Waals surface area (Å²) in [7, 11) is 0. The molecule has 190 valence electrons. The number of unbranched alkanes of at least 4 members (excludes halogenated alkanes) is 3. The SMILES string of the molecule is CC[OH2+].CC[OH2+].O/C(=C\C(=[OH+])c1ccccc1)CCCCCC/C(O)=C/C(=[OH+])c1ccccc1.[Ti]. The van der Waals surface area contributed by atoms with Gasteiger partial charge in [-0.15, -0.1) is 0 Å². The molecule has 8 N–H and O–H groups in total. The van der Waals surface area contributed by atoms with Crippen LogP contribution in [-0.4, -0.2) is 54.8 Å². The Bertz CT molecular complexity index is 790. The van der Waals surface area contributed by atoms with E-state index in [0.717, 1.165) is 25.7 Å². The van der Waals surface area contributed by atoms with E-state index in [1.54, 1.807) is 38.1 Å². The molecule has 0 aliphatic heterocycles. The van der Waals surface area contributed by atoms with E-state index in [1.807, 2.05) is 36.4 Å². The Morgan fingerprint density at radius 2 is 0.943 bits per heavy atom. The zero-order valence-electron chi connectivity index (χ0n) is 20.9. The summed E-state index contributed by atoms with van der Waals surface area (Å²) in [4.78, 5) is 19.9. The maximum Gasteiger partial charge on any atom is 0.350 e. The summed E-state index contributed by atoms with van der Waals surface area (Å²) in [5.74, 6) is 0.434.